The summed E-state index contributed by atoms with van der Waals surface area (Å²) in [6.45, 7) is 4.98. The molecule has 1 amide bonds. The molecule has 2 aromatic heterocycles. The topological polar surface area (TPSA) is 76.7 Å². The van der Waals surface area contributed by atoms with Gasteiger partial charge in [-0.05, 0) is 55.4 Å². The van der Waals surface area contributed by atoms with Crippen LogP contribution in [0.15, 0.2) is 82.3 Å². The Kier molecular flexibility index (Phi) is 8.00. The number of hydrogen-bond acceptors (Lipinski definition) is 5. The van der Waals surface area contributed by atoms with Crippen molar-refractivity contribution in [2.75, 3.05) is 26.7 Å². The molecule has 0 aliphatic heterocycles. The molecule has 7 heteroatoms. The number of ether oxygens (including phenoxy) is 1. The highest BCUT2D eigenvalue weighted by Gasteiger charge is 2.16. The molecule has 4 rings (SSSR count). The minimum atomic E-state index is -0.211. The van der Waals surface area contributed by atoms with Crippen LogP contribution in [0.3, 0.4) is 0 Å². The van der Waals surface area contributed by atoms with Crippen LogP contribution in [0.5, 0.6) is 5.75 Å². The Morgan fingerprint density at radius 2 is 1.80 bits per heavy atom. The van der Waals surface area contributed by atoms with Gasteiger partial charge in [0.2, 0.25) is 0 Å². The monoisotopic (exact) mass is 473 g/mol. The summed E-state index contributed by atoms with van der Waals surface area (Å²) in [6.07, 6.45) is 5.48. The van der Waals surface area contributed by atoms with Crippen molar-refractivity contribution in [2.45, 2.75) is 26.3 Å². The first-order valence-electron chi connectivity index (χ1n) is 11.9. The first-order valence-corrected chi connectivity index (χ1v) is 11.9. The molecule has 0 atom stereocenters. The second-order valence-electron chi connectivity index (χ2n) is 8.43. The van der Waals surface area contributed by atoms with Crippen molar-refractivity contribution in [3.63, 3.8) is 0 Å². The molecule has 2 heterocycles. The molecule has 0 unspecified atom stereocenters. The molecule has 182 valence electrons. The fourth-order valence-corrected chi connectivity index (χ4v) is 4.10. The SMILES string of the molecule is CCCCN(CCNC(=O)c1cn(-c2ccc(OC)cc2)c(=O)c2ccccc12)Cc1ccco1. The molecule has 0 spiro atoms. The summed E-state index contributed by atoms with van der Waals surface area (Å²) < 4.78 is 12.2. The van der Waals surface area contributed by atoms with Gasteiger partial charge >= 0.3 is 0 Å². The lowest BCUT2D eigenvalue weighted by Crippen LogP contribution is -2.35. The molecule has 4 aromatic rings. The Morgan fingerprint density at radius 1 is 1.03 bits per heavy atom. The number of amides is 1. The highest BCUT2D eigenvalue weighted by atomic mass is 16.5. The maximum absolute atomic E-state index is 13.3. The van der Waals surface area contributed by atoms with Gasteiger partial charge in [0.15, 0.2) is 0 Å². The van der Waals surface area contributed by atoms with Crippen molar-refractivity contribution in [3.05, 3.63) is 94.8 Å². The largest absolute Gasteiger partial charge is 0.497 e. The number of unbranched alkanes of at least 4 members (excludes halogenated alkanes) is 1. The van der Waals surface area contributed by atoms with Crippen LogP contribution in [-0.2, 0) is 6.54 Å². The predicted molar refractivity (Wildman–Crippen MR) is 137 cm³/mol. The number of furan rings is 1. The Hall–Kier alpha value is -3.84. The molecule has 0 saturated carbocycles. The van der Waals surface area contributed by atoms with Gasteiger partial charge in [0.05, 0.1) is 25.5 Å². The quantitative estimate of drug-likeness (QED) is 0.344. The second kappa shape index (κ2) is 11.5. The van der Waals surface area contributed by atoms with Gasteiger partial charge < -0.3 is 14.5 Å². The van der Waals surface area contributed by atoms with Crippen LogP contribution < -0.4 is 15.6 Å². The fourth-order valence-electron chi connectivity index (χ4n) is 4.10. The zero-order chi connectivity index (χ0) is 24.6. The zero-order valence-electron chi connectivity index (χ0n) is 20.2. The number of hydrogen-bond donors (Lipinski definition) is 1. The number of nitrogens with zero attached hydrogens (tertiary/aromatic N) is 2. The van der Waals surface area contributed by atoms with Gasteiger partial charge in [-0.2, -0.15) is 0 Å². The van der Waals surface area contributed by atoms with Crippen molar-refractivity contribution < 1.29 is 13.9 Å². The summed E-state index contributed by atoms with van der Waals surface area (Å²) in [5, 5.41) is 4.18. The highest BCUT2D eigenvalue weighted by Crippen LogP contribution is 2.19. The lowest BCUT2D eigenvalue weighted by Gasteiger charge is -2.21. The smallest absolute Gasteiger partial charge is 0.262 e. The lowest BCUT2D eigenvalue weighted by molar-refractivity contribution is 0.0948. The number of methoxy groups -OCH3 is 1. The molecular weight excluding hydrogens is 442 g/mol. The van der Waals surface area contributed by atoms with Crippen molar-refractivity contribution in [1.29, 1.82) is 0 Å². The normalized spacial score (nSPS) is 11.2. The molecular formula is C28H31N3O4. The summed E-state index contributed by atoms with van der Waals surface area (Å²) >= 11 is 0. The summed E-state index contributed by atoms with van der Waals surface area (Å²) in [4.78, 5) is 28.8. The van der Waals surface area contributed by atoms with E-state index in [2.05, 4.69) is 17.1 Å². The van der Waals surface area contributed by atoms with Gasteiger partial charge in [0.25, 0.3) is 11.5 Å². The van der Waals surface area contributed by atoms with E-state index in [1.807, 2.05) is 30.3 Å². The van der Waals surface area contributed by atoms with Crippen LogP contribution >= 0.6 is 0 Å². The van der Waals surface area contributed by atoms with Crippen LogP contribution in [-0.4, -0.2) is 42.1 Å². The third kappa shape index (κ3) is 5.81. The fraction of sp³-hybridized carbons (Fsp3) is 0.286. The number of rotatable bonds is 11. The highest BCUT2D eigenvalue weighted by molar-refractivity contribution is 6.06. The standard InChI is InChI=1S/C28H31N3O4/c1-3-4-16-30(19-23-8-7-18-35-23)17-15-29-27(32)26-20-31(21-11-13-22(34-2)14-12-21)28(33)25-10-6-5-9-24(25)26/h5-14,18,20H,3-4,15-17,19H2,1-2H3,(H,29,32). The maximum Gasteiger partial charge on any atom is 0.262 e. The maximum atomic E-state index is 13.3. The van der Waals surface area contributed by atoms with E-state index in [-0.39, 0.29) is 11.5 Å². The Balaban J connectivity index is 1.55. The van der Waals surface area contributed by atoms with Gasteiger partial charge in [-0.25, -0.2) is 0 Å². The molecule has 0 aliphatic rings. The molecule has 0 bridgehead atoms. The molecule has 0 radical (unpaired) electrons. The third-order valence-electron chi connectivity index (χ3n) is 6.02. The van der Waals surface area contributed by atoms with E-state index < -0.39 is 0 Å². The van der Waals surface area contributed by atoms with Gasteiger partial charge in [-0.3, -0.25) is 19.1 Å². The van der Waals surface area contributed by atoms with Gasteiger partial charge in [0, 0.05) is 35.7 Å². The summed E-state index contributed by atoms with van der Waals surface area (Å²) in [7, 11) is 1.59. The summed E-state index contributed by atoms with van der Waals surface area (Å²) in [5.74, 6) is 1.39. The molecule has 0 aliphatic carbocycles. The van der Waals surface area contributed by atoms with E-state index in [1.165, 1.54) is 4.57 Å². The number of pyridine rings is 1. The molecule has 2 aromatic carbocycles. The second-order valence-corrected chi connectivity index (χ2v) is 8.43. The van der Waals surface area contributed by atoms with Crippen molar-refractivity contribution in [2.24, 2.45) is 0 Å². The lowest BCUT2D eigenvalue weighted by atomic mass is 10.1. The number of aromatic nitrogens is 1. The zero-order valence-corrected chi connectivity index (χ0v) is 20.2. The number of nitrogens with one attached hydrogen (secondary N) is 1. The molecule has 1 N–H and O–H groups in total. The molecule has 35 heavy (non-hydrogen) atoms. The van der Waals surface area contributed by atoms with E-state index in [0.29, 0.717) is 47.4 Å². The van der Waals surface area contributed by atoms with Gasteiger partial charge in [-0.15, -0.1) is 0 Å². The van der Waals surface area contributed by atoms with Crippen molar-refractivity contribution in [3.8, 4) is 11.4 Å². The number of carbonyl (C=O) groups is 1. The summed E-state index contributed by atoms with van der Waals surface area (Å²) in [6, 6.07) is 18.3. The molecule has 0 fully saturated rings. The average Bonchev–Trinajstić information content (AvgIpc) is 3.40. The van der Waals surface area contributed by atoms with Gasteiger partial charge in [-0.1, -0.05) is 31.5 Å². The minimum absolute atomic E-state index is 0.175. The Bertz CT molecular complexity index is 1310. The third-order valence-corrected chi connectivity index (χ3v) is 6.02. The van der Waals surface area contributed by atoms with E-state index >= 15 is 0 Å². The first-order chi connectivity index (χ1) is 17.1. The van der Waals surface area contributed by atoms with E-state index in [1.54, 1.807) is 49.9 Å². The van der Waals surface area contributed by atoms with Crippen LogP contribution in [0.25, 0.3) is 16.5 Å². The molecule has 0 saturated heterocycles. The number of carbonyl (C=O) groups excluding carboxylic acids is 1. The van der Waals surface area contributed by atoms with Crippen LogP contribution in [0, 0.1) is 0 Å². The van der Waals surface area contributed by atoms with Gasteiger partial charge in [0.1, 0.15) is 11.5 Å². The predicted octanol–water partition coefficient (Wildman–Crippen LogP) is 4.62. The summed E-state index contributed by atoms with van der Waals surface area (Å²) in [5.41, 5.74) is 0.952. The Labute approximate surface area is 204 Å². The van der Waals surface area contributed by atoms with Crippen LogP contribution in [0.4, 0.5) is 0 Å². The minimum Gasteiger partial charge on any atom is -0.497 e. The Morgan fingerprint density at radius 3 is 2.49 bits per heavy atom. The van der Waals surface area contributed by atoms with Crippen LogP contribution in [0.2, 0.25) is 0 Å². The van der Waals surface area contributed by atoms with Crippen molar-refractivity contribution in [1.82, 2.24) is 14.8 Å². The van der Waals surface area contributed by atoms with Crippen LogP contribution in [0.1, 0.15) is 35.9 Å². The first kappa shape index (κ1) is 24.3. The average molecular weight is 474 g/mol. The number of benzene rings is 2. The van der Waals surface area contributed by atoms with E-state index in [4.69, 9.17) is 9.15 Å². The molecule has 7 nitrogen and oxygen atoms in total. The van der Waals surface area contributed by atoms with E-state index in [0.717, 1.165) is 25.1 Å². The van der Waals surface area contributed by atoms with E-state index in [9.17, 15) is 9.59 Å². The van der Waals surface area contributed by atoms with Crippen molar-refractivity contribution >= 4 is 16.7 Å². The number of fused-ring (bicyclic) bond motifs is 1.